The van der Waals surface area contributed by atoms with E-state index in [9.17, 15) is 18.0 Å². The smallest absolute Gasteiger partial charge is 0.379 e. The van der Waals surface area contributed by atoms with Gasteiger partial charge in [0, 0.05) is 24.7 Å². The maximum atomic E-state index is 12.7. The first kappa shape index (κ1) is 20.4. The summed E-state index contributed by atoms with van der Waals surface area (Å²) < 4.78 is 43.6. The number of nitrogens with zero attached hydrogens (tertiary/aromatic N) is 1. The fraction of sp³-hybridized carbons (Fsp3) is 0.381. The molecule has 2 aromatic rings. The Kier molecular flexibility index (Phi) is 6.36. The van der Waals surface area contributed by atoms with Gasteiger partial charge in [0.05, 0.1) is 24.8 Å². The lowest BCUT2D eigenvalue weighted by Gasteiger charge is -2.38. The molecule has 0 aliphatic carbocycles. The molecule has 3 rings (SSSR count). The van der Waals surface area contributed by atoms with Crippen LogP contribution in [0.2, 0.25) is 0 Å². The standard InChI is InChI=1S/C21H23F3N2O2/c1-15(25-20(27)17-7-9-18(10-8-17)21(22,23)24)19(16-5-3-2-4-6-16)26-11-13-28-14-12-26/h2-10,15,19H,11-14H2,1H3,(H,25,27)/t15-,19-/m1/s1. The molecule has 1 aliphatic rings. The summed E-state index contributed by atoms with van der Waals surface area (Å²) in [5, 5.41) is 2.95. The lowest BCUT2D eigenvalue weighted by Crippen LogP contribution is -2.48. The average Bonchev–Trinajstić information content (AvgIpc) is 2.69. The normalized spacial score (nSPS) is 17.7. The molecule has 1 aliphatic heterocycles. The zero-order valence-corrected chi connectivity index (χ0v) is 15.6. The van der Waals surface area contributed by atoms with Gasteiger partial charge in [-0.3, -0.25) is 9.69 Å². The third-order valence-corrected chi connectivity index (χ3v) is 4.89. The zero-order valence-electron chi connectivity index (χ0n) is 15.6. The first-order valence-corrected chi connectivity index (χ1v) is 9.21. The molecule has 1 N–H and O–H groups in total. The Morgan fingerprint density at radius 2 is 1.64 bits per heavy atom. The summed E-state index contributed by atoms with van der Waals surface area (Å²) >= 11 is 0. The second-order valence-corrected chi connectivity index (χ2v) is 6.84. The molecule has 1 fully saturated rings. The number of halogens is 3. The lowest BCUT2D eigenvalue weighted by molar-refractivity contribution is -0.137. The van der Waals surface area contributed by atoms with Crippen molar-refractivity contribution in [1.29, 1.82) is 0 Å². The molecule has 1 saturated heterocycles. The summed E-state index contributed by atoms with van der Waals surface area (Å²) in [5.41, 5.74) is 0.505. The van der Waals surface area contributed by atoms with Crippen LogP contribution in [0.25, 0.3) is 0 Å². The van der Waals surface area contributed by atoms with Crippen LogP contribution < -0.4 is 5.32 Å². The maximum absolute atomic E-state index is 12.7. The number of carbonyl (C=O) groups excluding carboxylic acids is 1. The van der Waals surface area contributed by atoms with Gasteiger partial charge in [0.15, 0.2) is 0 Å². The van der Waals surface area contributed by atoms with Crippen LogP contribution in [0.3, 0.4) is 0 Å². The number of rotatable bonds is 5. The fourth-order valence-electron chi connectivity index (χ4n) is 3.50. The number of hydrogen-bond donors (Lipinski definition) is 1. The van der Waals surface area contributed by atoms with Crippen LogP contribution in [0.4, 0.5) is 13.2 Å². The molecule has 1 heterocycles. The van der Waals surface area contributed by atoms with Gasteiger partial charge in [-0.25, -0.2) is 0 Å². The van der Waals surface area contributed by atoms with E-state index >= 15 is 0 Å². The zero-order chi connectivity index (χ0) is 20.1. The largest absolute Gasteiger partial charge is 0.416 e. The van der Waals surface area contributed by atoms with Crippen LogP contribution in [0.15, 0.2) is 54.6 Å². The van der Waals surface area contributed by atoms with Crippen molar-refractivity contribution in [2.75, 3.05) is 26.3 Å². The molecule has 2 aromatic carbocycles. The Bertz CT molecular complexity index is 772. The fourth-order valence-corrected chi connectivity index (χ4v) is 3.50. The molecular weight excluding hydrogens is 369 g/mol. The van der Waals surface area contributed by atoms with E-state index in [-0.39, 0.29) is 17.6 Å². The predicted molar refractivity (Wildman–Crippen MR) is 99.9 cm³/mol. The second-order valence-electron chi connectivity index (χ2n) is 6.84. The third kappa shape index (κ3) is 4.91. The van der Waals surface area contributed by atoms with Gasteiger partial charge in [-0.1, -0.05) is 30.3 Å². The Labute approximate surface area is 162 Å². The maximum Gasteiger partial charge on any atom is 0.416 e. The van der Waals surface area contributed by atoms with E-state index < -0.39 is 17.6 Å². The van der Waals surface area contributed by atoms with Crippen molar-refractivity contribution in [1.82, 2.24) is 10.2 Å². The van der Waals surface area contributed by atoms with Crippen LogP contribution >= 0.6 is 0 Å². The van der Waals surface area contributed by atoms with Crippen molar-refractivity contribution in [3.8, 4) is 0 Å². The predicted octanol–water partition coefficient (Wildman–Crippen LogP) is 3.90. The molecule has 0 bridgehead atoms. The highest BCUT2D eigenvalue weighted by molar-refractivity contribution is 5.94. The molecule has 0 unspecified atom stereocenters. The molecular formula is C21H23F3N2O2. The number of benzene rings is 2. The molecule has 150 valence electrons. The van der Waals surface area contributed by atoms with Crippen LogP contribution in [0, 0.1) is 0 Å². The summed E-state index contributed by atoms with van der Waals surface area (Å²) in [6.07, 6.45) is -4.42. The highest BCUT2D eigenvalue weighted by Gasteiger charge is 2.31. The summed E-state index contributed by atoms with van der Waals surface area (Å²) in [6, 6.07) is 13.8. The topological polar surface area (TPSA) is 41.6 Å². The SMILES string of the molecule is C[C@@H](NC(=O)c1ccc(C(F)(F)F)cc1)[C@H](c1ccccc1)N1CCOCC1. The number of nitrogens with one attached hydrogen (secondary N) is 1. The number of ether oxygens (including phenoxy) is 1. The van der Waals surface area contributed by atoms with Gasteiger partial charge in [-0.05, 0) is 36.8 Å². The molecule has 1 amide bonds. The van der Waals surface area contributed by atoms with Crippen LogP contribution in [0.5, 0.6) is 0 Å². The molecule has 0 radical (unpaired) electrons. The van der Waals surface area contributed by atoms with Crippen molar-refractivity contribution < 1.29 is 22.7 Å². The summed E-state index contributed by atoms with van der Waals surface area (Å²) in [6.45, 7) is 4.67. The minimum atomic E-state index is -4.42. The summed E-state index contributed by atoms with van der Waals surface area (Å²) in [5.74, 6) is -0.393. The lowest BCUT2D eigenvalue weighted by atomic mass is 9.97. The first-order valence-electron chi connectivity index (χ1n) is 9.21. The Hall–Kier alpha value is -2.38. The van der Waals surface area contributed by atoms with Crippen LogP contribution in [-0.2, 0) is 10.9 Å². The van der Waals surface area contributed by atoms with E-state index in [1.54, 1.807) is 0 Å². The van der Waals surface area contributed by atoms with Gasteiger partial charge in [-0.15, -0.1) is 0 Å². The highest BCUT2D eigenvalue weighted by atomic mass is 19.4. The number of alkyl halides is 3. The van der Waals surface area contributed by atoms with Crippen LogP contribution in [0.1, 0.15) is 34.5 Å². The van der Waals surface area contributed by atoms with Crippen LogP contribution in [-0.4, -0.2) is 43.2 Å². The summed E-state index contributed by atoms with van der Waals surface area (Å²) in [7, 11) is 0. The van der Waals surface area contributed by atoms with Crippen molar-refractivity contribution in [2.24, 2.45) is 0 Å². The van der Waals surface area contributed by atoms with E-state index in [4.69, 9.17) is 4.74 Å². The minimum absolute atomic E-state index is 0.0523. The number of hydrogen-bond acceptors (Lipinski definition) is 3. The van der Waals surface area contributed by atoms with E-state index in [1.165, 1.54) is 12.1 Å². The van der Waals surface area contributed by atoms with Gasteiger partial charge in [0.25, 0.3) is 5.91 Å². The average molecular weight is 392 g/mol. The Morgan fingerprint density at radius 1 is 1.04 bits per heavy atom. The van der Waals surface area contributed by atoms with Crippen molar-refractivity contribution in [3.63, 3.8) is 0 Å². The molecule has 28 heavy (non-hydrogen) atoms. The molecule has 0 aromatic heterocycles. The van der Waals surface area contributed by atoms with Gasteiger partial charge in [0.1, 0.15) is 0 Å². The van der Waals surface area contributed by atoms with Crippen molar-refractivity contribution in [2.45, 2.75) is 25.2 Å². The Morgan fingerprint density at radius 3 is 2.21 bits per heavy atom. The summed E-state index contributed by atoms with van der Waals surface area (Å²) in [4.78, 5) is 14.9. The second kappa shape index (κ2) is 8.75. The van der Waals surface area contributed by atoms with E-state index in [0.717, 1.165) is 30.8 Å². The van der Waals surface area contributed by atoms with Gasteiger partial charge in [0.2, 0.25) is 0 Å². The van der Waals surface area contributed by atoms with Gasteiger partial charge < -0.3 is 10.1 Å². The van der Waals surface area contributed by atoms with E-state index in [2.05, 4.69) is 10.2 Å². The number of carbonyl (C=O) groups is 1. The molecule has 0 saturated carbocycles. The molecule has 7 heteroatoms. The quantitative estimate of drug-likeness (QED) is 0.839. The monoisotopic (exact) mass is 392 g/mol. The van der Waals surface area contributed by atoms with E-state index in [1.807, 2.05) is 37.3 Å². The Balaban J connectivity index is 1.75. The molecule has 2 atom stereocenters. The van der Waals surface area contributed by atoms with E-state index in [0.29, 0.717) is 13.2 Å². The minimum Gasteiger partial charge on any atom is -0.379 e. The van der Waals surface area contributed by atoms with Crippen molar-refractivity contribution >= 4 is 5.91 Å². The first-order chi connectivity index (χ1) is 13.4. The van der Waals surface area contributed by atoms with Gasteiger partial charge >= 0.3 is 6.18 Å². The number of amides is 1. The third-order valence-electron chi connectivity index (χ3n) is 4.89. The van der Waals surface area contributed by atoms with Crippen molar-refractivity contribution in [3.05, 3.63) is 71.3 Å². The molecule has 0 spiro atoms. The number of morpholine rings is 1. The molecule has 4 nitrogen and oxygen atoms in total. The van der Waals surface area contributed by atoms with Gasteiger partial charge in [-0.2, -0.15) is 13.2 Å². The highest BCUT2D eigenvalue weighted by Crippen LogP contribution is 2.29.